The van der Waals surface area contributed by atoms with Gasteiger partial charge in [-0.15, -0.1) is 0 Å². The minimum atomic E-state index is -0.889. The number of carbonyl (C=O) groups is 2. The van der Waals surface area contributed by atoms with E-state index < -0.39 is 24.0 Å². The van der Waals surface area contributed by atoms with Gasteiger partial charge in [0.2, 0.25) is 5.91 Å². The summed E-state index contributed by atoms with van der Waals surface area (Å²) in [4.78, 5) is 25.2. The first-order valence-corrected chi connectivity index (χ1v) is 10.7. The number of aryl methyl sites for hydroxylation is 1. The van der Waals surface area contributed by atoms with Crippen molar-refractivity contribution in [1.29, 1.82) is 0 Å². The number of amides is 1. The van der Waals surface area contributed by atoms with Crippen molar-refractivity contribution in [1.82, 2.24) is 15.8 Å². The fraction of sp³-hybridized carbons (Fsp3) is 0.762. The lowest BCUT2D eigenvalue weighted by atomic mass is 9.78. The molecule has 1 spiro atoms. The van der Waals surface area contributed by atoms with Crippen LogP contribution in [-0.2, 0) is 16.1 Å². The first-order valence-electron chi connectivity index (χ1n) is 10.7. The van der Waals surface area contributed by atoms with E-state index in [0.717, 1.165) is 37.9 Å². The van der Waals surface area contributed by atoms with Crippen molar-refractivity contribution in [3.63, 3.8) is 0 Å². The van der Waals surface area contributed by atoms with Crippen molar-refractivity contribution in [2.75, 3.05) is 13.1 Å². The second-order valence-corrected chi connectivity index (χ2v) is 9.43. The highest BCUT2D eigenvalue weighted by Crippen LogP contribution is 2.79. The van der Waals surface area contributed by atoms with Crippen LogP contribution in [0, 0.1) is 47.8 Å². The maximum atomic E-state index is 14.6. The van der Waals surface area contributed by atoms with Crippen molar-refractivity contribution >= 4 is 11.9 Å². The molecular weight excluding hydrogens is 377 g/mol. The minimum Gasteiger partial charge on any atom is -0.481 e. The van der Waals surface area contributed by atoms with Crippen LogP contribution < -0.4 is 10.6 Å². The normalized spacial score (nSPS) is 42.9. The zero-order chi connectivity index (χ0) is 20.3. The number of carbonyl (C=O) groups excluding carboxylic acids is 1. The van der Waals surface area contributed by atoms with E-state index in [1.807, 2.05) is 0 Å². The number of hydrogen-bond donors (Lipinski definition) is 3. The summed E-state index contributed by atoms with van der Waals surface area (Å²) in [5, 5.41) is 19.8. The van der Waals surface area contributed by atoms with E-state index in [9.17, 15) is 19.1 Å². The van der Waals surface area contributed by atoms with Crippen LogP contribution in [0.4, 0.5) is 4.39 Å². The third-order valence-corrected chi connectivity index (χ3v) is 8.20. The standard InChI is InChI=1S/C21H28FN3O4/c1-10-6-11(29-25-10)8-24-19(26)17-13-2-3-14(18(17)20(27)28)21(13)7-15(21)12-4-5-23-9-16(12)22/h6,12-18,23H,2-5,7-9H2,1H3,(H,24,26)(H,27,28)/t12-,13+,14-,15?,16-,17-,18-,21?/m1/s1. The van der Waals surface area contributed by atoms with Crippen molar-refractivity contribution < 1.29 is 23.6 Å². The van der Waals surface area contributed by atoms with Crippen LogP contribution in [0.1, 0.15) is 37.1 Å². The van der Waals surface area contributed by atoms with Gasteiger partial charge in [0.1, 0.15) is 6.17 Å². The second-order valence-electron chi connectivity index (χ2n) is 9.43. The Morgan fingerprint density at radius 2 is 2.07 bits per heavy atom. The van der Waals surface area contributed by atoms with E-state index in [1.54, 1.807) is 13.0 Å². The number of halogens is 1. The van der Waals surface area contributed by atoms with Crippen LogP contribution >= 0.6 is 0 Å². The first kappa shape index (κ1) is 19.0. The number of nitrogens with one attached hydrogen (secondary N) is 2. The van der Waals surface area contributed by atoms with Crippen LogP contribution in [-0.4, -0.2) is 41.4 Å². The number of aliphatic carboxylic acids is 1. The lowest BCUT2D eigenvalue weighted by Gasteiger charge is -2.30. The molecule has 3 N–H and O–H groups in total. The third kappa shape index (κ3) is 2.82. The average molecular weight is 405 g/mol. The van der Waals surface area contributed by atoms with Crippen LogP contribution in [0.3, 0.4) is 0 Å². The second kappa shape index (κ2) is 6.79. The summed E-state index contributed by atoms with van der Waals surface area (Å²) < 4.78 is 19.7. The van der Waals surface area contributed by atoms with E-state index in [1.165, 1.54) is 0 Å². The van der Waals surface area contributed by atoms with E-state index in [2.05, 4.69) is 15.8 Å². The highest BCUT2D eigenvalue weighted by molar-refractivity contribution is 5.86. The summed E-state index contributed by atoms with van der Waals surface area (Å²) in [6, 6.07) is 1.76. The maximum Gasteiger partial charge on any atom is 0.307 e. The number of rotatable bonds is 5. The Balaban J connectivity index is 1.35. The van der Waals surface area contributed by atoms with Gasteiger partial charge in [0.15, 0.2) is 5.76 Å². The van der Waals surface area contributed by atoms with Gasteiger partial charge in [-0.2, -0.15) is 0 Å². The summed E-state index contributed by atoms with van der Waals surface area (Å²) in [5.41, 5.74) is 0.584. The van der Waals surface area contributed by atoms with E-state index >= 15 is 0 Å². The summed E-state index contributed by atoms with van der Waals surface area (Å²) >= 11 is 0. The fourth-order valence-corrected chi connectivity index (χ4v) is 7.18. The molecule has 1 aromatic rings. The van der Waals surface area contributed by atoms with Crippen LogP contribution in [0.25, 0.3) is 0 Å². The molecule has 2 bridgehead atoms. The first-order chi connectivity index (χ1) is 13.9. The molecule has 4 fully saturated rings. The lowest BCUT2D eigenvalue weighted by molar-refractivity contribution is -0.149. The fourth-order valence-electron chi connectivity index (χ4n) is 7.18. The van der Waals surface area contributed by atoms with Crippen molar-refractivity contribution in [2.24, 2.45) is 40.9 Å². The van der Waals surface area contributed by atoms with Gasteiger partial charge in [-0.05, 0) is 68.2 Å². The summed E-state index contributed by atoms with van der Waals surface area (Å²) in [6.45, 7) is 3.21. The Hall–Kier alpha value is -1.96. The highest BCUT2D eigenvalue weighted by atomic mass is 19.1. The number of carboxylic acids is 1. The summed E-state index contributed by atoms with van der Waals surface area (Å²) in [6.07, 6.45) is 2.50. The molecule has 3 aliphatic carbocycles. The van der Waals surface area contributed by atoms with Crippen molar-refractivity contribution in [3.8, 4) is 0 Å². The van der Waals surface area contributed by atoms with Crippen molar-refractivity contribution in [3.05, 3.63) is 17.5 Å². The number of nitrogens with zero attached hydrogens (tertiary/aromatic N) is 1. The predicted octanol–water partition coefficient (Wildman–Crippen LogP) is 1.91. The Bertz CT molecular complexity index is 829. The third-order valence-electron chi connectivity index (χ3n) is 8.20. The Kier molecular flexibility index (Phi) is 4.46. The molecule has 1 amide bonds. The molecule has 158 valence electrons. The number of piperidine rings is 1. The Morgan fingerprint density at radius 1 is 1.31 bits per heavy atom. The molecule has 5 rings (SSSR count). The largest absolute Gasteiger partial charge is 0.481 e. The molecule has 3 saturated carbocycles. The average Bonchev–Trinajstić information content (AvgIpc) is 2.97. The number of aromatic nitrogens is 1. The van der Waals surface area contributed by atoms with E-state index in [0.29, 0.717) is 12.3 Å². The molecule has 29 heavy (non-hydrogen) atoms. The number of alkyl halides is 1. The molecule has 1 aromatic heterocycles. The maximum absolute atomic E-state index is 14.6. The molecule has 0 radical (unpaired) electrons. The smallest absolute Gasteiger partial charge is 0.307 e. The molecule has 7 nitrogen and oxygen atoms in total. The molecule has 2 unspecified atom stereocenters. The number of hydrogen-bond acceptors (Lipinski definition) is 5. The Morgan fingerprint density at radius 3 is 2.72 bits per heavy atom. The van der Waals surface area contributed by atoms with Gasteiger partial charge >= 0.3 is 5.97 Å². The van der Waals surface area contributed by atoms with Crippen LogP contribution in [0.15, 0.2) is 10.6 Å². The monoisotopic (exact) mass is 405 g/mol. The Labute approximate surface area is 168 Å². The summed E-state index contributed by atoms with van der Waals surface area (Å²) in [7, 11) is 0. The van der Waals surface area contributed by atoms with Crippen LogP contribution in [0.2, 0.25) is 0 Å². The van der Waals surface area contributed by atoms with E-state index in [-0.39, 0.29) is 41.5 Å². The van der Waals surface area contributed by atoms with E-state index in [4.69, 9.17) is 4.52 Å². The van der Waals surface area contributed by atoms with Gasteiger partial charge in [0, 0.05) is 12.6 Å². The van der Waals surface area contributed by atoms with Crippen molar-refractivity contribution in [2.45, 2.75) is 45.3 Å². The zero-order valence-electron chi connectivity index (χ0n) is 16.6. The molecular formula is C21H28FN3O4. The van der Waals surface area contributed by atoms with Gasteiger partial charge in [0.05, 0.1) is 24.1 Å². The van der Waals surface area contributed by atoms with Gasteiger partial charge in [-0.25, -0.2) is 4.39 Å². The van der Waals surface area contributed by atoms with Gasteiger partial charge in [0.25, 0.3) is 0 Å². The lowest BCUT2D eigenvalue weighted by Crippen LogP contribution is -2.41. The molecule has 4 aliphatic rings. The van der Waals surface area contributed by atoms with Gasteiger partial charge in [-0.3, -0.25) is 9.59 Å². The molecule has 2 heterocycles. The topological polar surface area (TPSA) is 104 Å². The molecule has 1 aliphatic heterocycles. The van der Waals surface area contributed by atoms with Gasteiger partial charge in [-0.1, -0.05) is 5.16 Å². The molecule has 1 saturated heterocycles. The molecule has 8 atom stereocenters. The minimum absolute atomic E-state index is 0.00669. The highest BCUT2D eigenvalue weighted by Gasteiger charge is 2.77. The SMILES string of the molecule is Cc1cc(CNC(=O)[C@H]2[C@H](C(=O)O)[C@H]3CC[C@@H]2C32CC2[C@H]2CCNC[C@H]2F)on1. The summed E-state index contributed by atoms with van der Waals surface area (Å²) in [5.74, 6) is -1.53. The predicted molar refractivity (Wildman–Crippen MR) is 100 cm³/mol. The molecule has 8 heteroatoms. The van der Waals surface area contributed by atoms with Crippen LogP contribution in [0.5, 0.6) is 0 Å². The molecule has 0 aromatic carbocycles. The number of carboxylic acid groups (broad SMARTS) is 1. The quantitative estimate of drug-likeness (QED) is 0.691. The zero-order valence-corrected chi connectivity index (χ0v) is 16.6. The van der Waals surface area contributed by atoms with Gasteiger partial charge < -0.3 is 20.3 Å².